The number of halogens is 1. The SMILES string of the molecule is CCCNC(CCc1cccc([N+](=O)[O-])c1Br)C1CC1. The number of aryl methyl sites for hydroxylation is 1. The molecule has 0 saturated heterocycles. The van der Waals surface area contributed by atoms with Crippen LogP contribution in [0.15, 0.2) is 22.7 Å². The molecule has 0 heterocycles. The summed E-state index contributed by atoms with van der Waals surface area (Å²) in [6.07, 6.45) is 5.70. The zero-order chi connectivity index (χ0) is 14.5. The lowest BCUT2D eigenvalue weighted by molar-refractivity contribution is -0.385. The number of rotatable bonds is 8. The van der Waals surface area contributed by atoms with E-state index < -0.39 is 0 Å². The van der Waals surface area contributed by atoms with E-state index in [9.17, 15) is 10.1 Å². The van der Waals surface area contributed by atoms with Gasteiger partial charge in [-0.2, -0.15) is 0 Å². The third-order valence-electron chi connectivity index (χ3n) is 3.83. The van der Waals surface area contributed by atoms with E-state index in [0.29, 0.717) is 10.5 Å². The molecule has 1 N–H and O–H groups in total. The Morgan fingerprint density at radius 2 is 2.25 bits per heavy atom. The highest BCUT2D eigenvalue weighted by atomic mass is 79.9. The highest BCUT2D eigenvalue weighted by Gasteiger charge is 2.30. The van der Waals surface area contributed by atoms with Gasteiger partial charge in [-0.15, -0.1) is 0 Å². The molecule has 0 aliphatic heterocycles. The standard InChI is InChI=1S/C15H21BrN2O2/c1-2-10-17-13(11-6-7-11)9-8-12-4-3-5-14(15(12)16)18(19)20/h3-5,11,13,17H,2,6-10H2,1H3. The first-order valence-corrected chi connectivity index (χ1v) is 8.08. The Labute approximate surface area is 128 Å². The average molecular weight is 341 g/mol. The van der Waals surface area contributed by atoms with Gasteiger partial charge >= 0.3 is 0 Å². The number of nitro groups is 1. The van der Waals surface area contributed by atoms with Crippen molar-refractivity contribution in [3.8, 4) is 0 Å². The Bertz CT molecular complexity index is 475. The summed E-state index contributed by atoms with van der Waals surface area (Å²) in [5.74, 6) is 0.805. The van der Waals surface area contributed by atoms with Gasteiger partial charge in [0.2, 0.25) is 0 Å². The second-order valence-electron chi connectivity index (χ2n) is 5.44. The predicted molar refractivity (Wildman–Crippen MR) is 83.9 cm³/mol. The predicted octanol–water partition coefficient (Wildman–Crippen LogP) is 4.07. The van der Waals surface area contributed by atoms with Crippen LogP contribution in [0.5, 0.6) is 0 Å². The third-order valence-corrected chi connectivity index (χ3v) is 4.74. The minimum absolute atomic E-state index is 0.159. The van der Waals surface area contributed by atoms with Crippen LogP contribution in [0.25, 0.3) is 0 Å². The smallest absolute Gasteiger partial charge is 0.283 e. The molecule has 0 bridgehead atoms. The quantitative estimate of drug-likeness (QED) is 0.573. The summed E-state index contributed by atoms with van der Waals surface area (Å²) >= 11 is 3.38. The highest BCUT2D eigenvalue weighted by molar-refractivity contribution is 9.10. The lowest BCUT2D eigenvalue weighted by atomic mass is 10.0. The summed E-state index contributed by atoms with van der Waals surface area (Å²) < 4.78 is 0.634. The van der Waals surface area contributed by atoms with Crippen molar-refractivity contribution in [3.05, 3.63) is 38.3 Å². The van der Waals surface area contributed by atoms with Crippen molar-refractivity contribution in [2.75, 3.05) is 6.54 Å². The van der Waals surface area contributed by atoms with Crippen LogP contribution in [0.2, 0.25) is 0 Å². The minimum atomic E-state index is -0.332. The molecule has 4 nitrogen and oxygen atoms in total. The summed E-state index contributed by atoms with van der Waals surface area (Å²) in [5.41, 5.74) is 1.19. The summed E-state index contributed by atoms with van der Waals surface area (Å²) in [4.78, 5) is 10.6. The first-order chi connectivity index (χ1) is 9.63. The van der Waals surface area contributed by atoms with Crippen LogP contribution in [-0.2, 0) is 6.42 Å². The molecule has 0 amide bonds. The molecule has 0 aromatic heterocycles. The molecule has 20 heavy (non-hydrogen) atoms. The number of benzene rings is 1. The molecule has 1 aromatic carbocycles. The lowest BCUT2D eigenvalue weighted by Gasteiger charge is -2.18. The number of hydrogen-bond donors (Lipinski definition) is 1. The molecule has 1 unspecified atom stereocenters. The van der Waals surface area contributed by atoms with E-state index in [0.717, 1.165) is 37.3 Å². The Kier molecular flexibility index (Phi) is 5.54. The van der Waals surface area contributed by atoms with Gasteiger partial charge in [-0.1, -0.05) is 19.1 Å². The van der Waals surface area contributed by atoms with Gasteiger partial charge in [0.25, 0.3) is 5.69 Å². The molecule has 1 aliphatic rings. The van der Waals surface area contributed by atoms with Crippen molar-refractivity contribution in [1.82, 2.24) is 5.32 Å². The fourth-order valence-electron chi connectivity index (χ4n) is 2.54. The molecule has 0 spiro atoms. The van der Waals surface area contributed by atoms with E-state index in [1.165, 1.54) is 12.8 Å². The topological polar surface area (TPSA) is 55.2 Å². The molecule has 1 fully saturated rings. The molecule has 5 heteroatoms. The summed E-state index contributed by atoms with van der Waals surface area (Å²) in [7, 11) is 0. The Balaban J connectivity index is 1.98. The van der Waals surface area contributed by atoms with E-state index in [2.05, 4.69) is 28.2 Å². The maximum absolute atomic E-state index is 10.9. The number of nitro benzene ring substituents is 1. The Morgan fingerprint density at radius 3 is 2.85 bits per heavy atom. The second-order valence-corrected chi connectivity index (χ2v) is 6.24. The van der Waals surface area contributed by atoms with Crippen molar-refractivity contribution in [2.45, 2.75) is 45.1 Å². The van der Waals surface area contributed by atoms with Crippen molar-refractivity contribution >= 4 is 21.6 Å². The van der Waals surface area contributed by atoms with Gasteiger partial charge in [0.15, 0.2) is 0 Å². The van der Waals surface area contributed by atoms with Crippen molar-refractivity contribution in [1.29, 1.82) is 0 Å². The first-order valence-electron chi connectivity index (χ1n) is 7.28. The minimum Gasteiger partial charge on any atom is -0.314 e. The van der Waals surface area contributed by atoms with E-state index in [-0.39, 0.29) is 10.6 Å². The van der Waals surface area contributed by atoms with Crippen LogP contribution in [0, 0.1) is 16.0 Å². The number of nitrogens with one attached hydrogen (secondary N) is 1. The van der Waals surface area contributed by atoms with Crippen LogP contribution in [-0.4, -0.2) is 17.5 Å². The van der Waals surface area contributed by atoms with Crippen molar-refractivity contribution in [3.63, 3.8) is 0 Å². The third kappa shape index (κ3) is 4.03. The first kappa shape index (κ1) is 15.4. The van der Waals surface area contributed by atoms with E-state index in [1.807, 2.05) is 6.07 Å². The summed E-state index contributed by atoms with van der Waals surface area (Å²) in [5, 5.41) is 14.5. The van der Waals surface area contributed by atoms with Gasteiger partial charge in [0.05, 0.1) is 9.40 Å². The second kappa shape index (κ2) is 7.18. The van der Waals surface area contributed by atoms with Gasteiger partial charge in [0, 0.05) is 12.1 Å². The van der Waals surface area contributed by atoms with E-state index >= 15 is 0 Å². The largest absolute Gasteiger partial charge is 0.314 e. The van der Waals surface area contributed by atoms with Gasteiger partial charge < -0.3 is 5.32 Å². The fourth-order valence-corrected chi connectivity index (χ4v) is 3.15. The molecule has 0 radical (unpaired) electrons. The summed E-state index contributed by atoms with van der Waals surface area (Å²) in [6.45, 7) is 3.23. The highest BCUT2D eigenvalue weighted by Crippen LogP contribution is 2.35. The van der Waals surface area contributed by atoms with Crippen molar-refractivity contribution in [2.24, 2.45) is 5.92 Å². The fraction of sp³-hybridized carbons (Fsp3) is 0.600. The van der Waals surface area contributed by atoms with Crippen molar-refractivity contribution < 1.29 is 4.92 Å². The van der Waals surface area contributed by atoms with Crippen LogP contribution < -0.4 is 5.32 Å². The zero-order valence-electron chi connectivity index (χ0n) is 11.8. The molecule has 110 valence electrons. The van der Waals surface area contributed by atoms with E-state index in [4.69, 9.17) is 0 Å². The zero-order valence-corrected chi connectivity index (χ0v) is 13.4. The van der Waals surface area contributed by atoms with Gasteiger partial charge in [0.1, 0.15) is 0 Å². The monoisotopic (exact) mass is 340 g/mol. The number of hydrogen-bond acceptors (Lipinski definition) is 3. The molecule has 2 rings (SSSR count). The molecule has 1 atom stereocenters. The van der Waals surface area contributed by atoms with Gasteiger partial charge in [-0.25, -0.2) is 0 Å². The van der Waals surface area contributed by atoms with Crippen LogP contribution in [0.4, 0.5) is 5.69 Å². The maximum Gasteiger partial charge on any atom is 0.283 e. The van der Waals surface area contributed by atoms with Crippen LogP contribution in [0.3, 0.4) is 0 Å². The average Bonchev–Trinajstić information content (AvgIpc) is 3.24. The molecular formula is C15H21BrN2O2. The molecule has 1 aromatic rings. The van der Waals surface area contributed by atoms with Crippen LogP contribution in [0.1, 0.15) is 38.2 Å². The Morgan fingerprint density at radius 1 is 1.50 bits per heavy atom. The van der Waals surface area contributed by atoms with Gasteiger partial charge in [-0.05, 0) is 66.1 Å². The van der Waals surface area contributed by atoms with E-state index in [1.54, 1.807) is 12.1 Å². The van der Waals surface area contributed by atoms with Crippen LogP contribution >= 0.6 is 15.9 Å². The maximum atomic E-state index is 10.9. The Hall–Kier alpha value is -0.940. The summed E-state index contributed by atoms with van der Waals surface area (Å²) in [6, 6.07) is 5.84. The normalized spacial score (nSPS) is 16.1. The molecule has 1 saturated carbocycles. The number of nitrogens with zero attached hydrogens (tertiary/aromatic N) is 1. The molecular weight excluding hydrogens is 320 g/mol. The van der Waals surface area contributed by atoms with Gasteiger partial charge in [-0.3, -0.25) is 10.1 Å². The molecule has 1 aliphatic carbocycles. The lowest BCUT2D eigenvalue weighted by Crippen LogP contribution is -2.32.